The van der Waals surface area contributed by atoms with Crippen molar-refractivity contribution >= 4 is 21.6 Å². The molecule has 5 nitrogen and oxygen atoms in total. The Bertz CT molecular complexity index is 643. The Balaban J connectivity index is 2.17. The molecule has 110 valence electrons. The molecule has 1 atom stereocenters. The number of benzene rings is 2. The van der Waals surface area contributed by atoms with Gasteiger partial charge in [-0.15, -0.1) is 0 Å². The van der Waals surface area contributed by atoms with Crippen LogP contribution in [0.1, 0.15) is 12.5 Å². The lowest BCUT2D eigenvalue weighted by atomic mass is 9.97. The van der Waals surface area contributed by atoms with Gasteiger partial charge >= 0.3 is 0 Å². The molecular formula is C15H14BrNO4. The van der Waals surface area contributed by atoms with E-state index >= 15 is 0 Å². The quantitative estimate of drug-likeness (QED) is 0.659. The second-order valence-corrected chi connectivity index (χ2v) is 5.57. The predicted octanol–water partition coefficient (Wildman–Crippen LogP) is 3.64. The number of ether oxygens (including phenoxy) is 1. The van der Waals surface area contributed by atoms with E-state index in [0.717, 1.165) is 0 Å². The van der Waals surface area contributed by atoms with Gasteiger partial charge in [0.05, 0.1) is 4.92 Å². The van der Waals surface area contributed by atoms with Crippen molar-refractivity contribution in [3.63, 3.8) is 0 Å². The second kappa shape index (κ2) is 6.24. The molecule has 0 spiro atoms. The van der Waals surface area contributed by atoms with Crippen molar-refractivity contribution in [3.8, 4) is 5.75 Å². The highest BCUT2D eigenvalue weighted by Crippen LogP contribution is 2.34. The van der Waals surface area contributed by atoms with E-state index in [1.54, 1.807) is 25.1 Å². The van der Waals surface area contributed by atoms with Gasteiger partial charge in [-0.2, -0.15) is 0 Å². The topological polar surface area (TPSA) is 72.6 Å². The van der Waals surface area contributed by atoms with Crippen LogP contribution in [0, 0.1) is 10.1 Å². The van der Waals surface area contributed by atoms with Crippen molar-refractivity contribution in [2.24, 2.45) is 0 Å². The van der Waals surface area contributed by atoms with Gasteiger partial charge in [0.15, 0.2) is 0 Å². The largest absolute Gasteiger partial charge is 0.489 e. The normalized spacial score (nSPS) is 13.5. The molecule has 2 rings (SSSR count). The third-order valence-electron chi connectivity index (χ3n) is 3.04. The maximum absolute atomic E-state index is 10.9. The van der Waals surface area contributed by atoms with Crippen LogP contribution in [0.5, 0.6) is 5.75 Å². The van der Waals surface area contributed by atoms with Crippen molar-refractivity contribution in [2.75, 3.05) is 6.61 Å². The Morgan fingerprint density at radius 1 is 1.24 bits per heavy atom. The molecule has 0 bridgehead atoms. The van der Waals surface area contributed by atoms with E-state index in [1.807, 2.05) is 18.2 Å². The Morgan fingerprint density at radius 2 is 1.90 bits per heavy atom. The number of hydrogen-bond acceptors (Lipinski definition) is 4. The number of hydrogen-bond donors (Lipinski definition) is 1. The van der Waals surface area contributed by atoms with Crippen LogP contribution in [0.15, 0.2) is 53.0 Å². The molecular weight excluding hydrogens is 338 g/mol. The van der Waals surface area contributed by atoms with Gasteiger partial charge in [0, 0.05) is 6.07 Å². The van der Waals surface area contributed by atoms with Gasteiger partial charge < -0.3 is 9.84 Å². The number of nitrogens with zero attached hydrogens (tertiary/aromatic N) is 1. The molecule has 0 fully saturated rings. The number of halogens is 1. The Morgan fingerprint density at radius 3 is 2.52 bits per heavy atom. The summed E-state index contributed by atoms with van der Waals surface area (Å²) in [7, 11) is 0. The molecule has 0 radical (unpaired) electrons. The van der Waals surface area contributed by atoms with Crippen molar-refractivity contribution < 1.29 is 14.8 Å². The lowest BCUT2D eigenvalue weighted by Gasteiger charge is -2.24. The minimum absolute atomic E-state index is 0.0171. The van der Waals surface area contributed by atoms with Gasteiger partial charge in [0.1, 0.15) is 22.4 Å². The molecule has 2 aromatic rings. The first-order valence-corrected chi connectivity index (χ1v) is 7.05. The summed E-state index contributed by atoms with van der Waals surface area (Å²) in [6.45, 7) is 1.62. The summed E-state index contributed by atoms with van der Waals surface area (Å²) in [6, 6.07) is 13.6. The molecule has 1 N–H and O–H groups in total. The number of nitro groups is 1. The fourth-order valence-electron chi connectivity index (χ4n) is 1.85. The smallest absolute Gasteiger partial charge is 0.287 e. The van der Waals surface area contributed by atoms with E-state index in [9.17, 15) is 15.2 Å². The summed E-state index contributed by atoms with van der Waals surface area (Å²) >= 11 is 3.16. The fourth-order valence-corrected chi connectivity index (χ4v) is 2.37. The summed E-state index contributed by atoms with van der Waals surface area (Å²) in [5.41, 5.74) is -0.552. The molecule has 0 saturated heterocycles. The van der Waals surface area contributed by atoms with Gasteiger partial charge in [-0.05, 0) is 34.5 Å². The number of aliphatic hydroxyl groups is 1. The monoisotopic (exact) mass is 351 g/mol. The van der Waals surface area contributed by atoms with E-state index in [0.29, 0.717) is 11.3 Å². The van der Waals surface area contributed by atoms with E-state index in [1.165, 1.54) is 12.1 Å². The maximum atomic E-state index is 10.9. The van der Waals surface area contributed by atoms with Crippen LogP contribution in [-0.2, 0) is 5.60 Å². The number of nitro benzene ring substituents is 1. The van der Waals surface area contributed by atoms with E-state index in [4.69, 9.17) is 4.74 Å². The van der Waals surface area contributed by atoms with Gasteiger partial charge in [0.25, 0.3) is 5.69 Å². The summed E-state index contributed by atoms with van der Waals surface area (Å²) in [5, 5.41) is 21.3. The van der Waals surface area contributed by atoms with Crippen LogP contribution in [0.2, 0.25) is 0 Å². The molecule has 0 aliphatic carbocycles. The van der Waals surface area contributed by atoms with Crippen LogP contribution in [-0.4, -0.2) is 16.6 Å². The molecule has 21 heavy (non-hydrogen) atoms. The Labute approximate surface area is 130 Å². The van der Waals surface area contributed by atoms with E-state index in [2.05, 4.69) is 15.9 Å². The van der Waals surface area contributed by atoms with Gasteiger partial charge in [-0.1, -0.05) is 36.4 Å². The summed E-state index contributed by atoms with van der Waals surface area (Å²) in [5.74, 6) is 0.320. The van der Waals surface area contributed by atoms with Crippen molar-refractivity contribution in [3.05, 3.63) is 68.7 Å². The molecule has 0 aromatic heterocycles. The first-order chi connectivity index (χ1) is 9.92. The zero-order chi connectivity index (χ0) is 15.5. The average Bonchev–Trinajstić information content (AvgIpc) is 2.47. The molecule has 0 amide bonds. The van der Waals surface area contributed by atoms with E-state index in [-0.39, 0.29) is 16.8 Å². The standard InChI is InChI=1S/C15H14BrNO4/c1-15(18,11-6-3-2-4-7-11)10-21-13-9-5-8-12(14(13)16)17(19)20/h2-9,18H,10H2,1H3. The lowest BCUT2D eigenvalue weighted by Crippen LogP contribution is -2.29. The number of rotatable bonds is 5. The maximum Gasteiger partial charge on any atom is 0.287 e. The van der Waals surface area contributed by atoms with Crippen LogP contribution < -0.4 is 4.74 Å². The molecule has 1 unspecified atom stereocenters. The Hall–Kier alpha value is -1.92. The van der Waals surface area contributed by atoms with Crippen molar-refractivity contribution in [2.45, 2.75) is 12.5 Å². The zero-order valence-electron chi connectivity index (χ0n) is 11.3. The van der Waals surface area contributed by atoms with Gasteiger partial charge in [-0.3, -0.25) is 10.1 Å². The first kappa shape index (κ1) is 15.5. The molecule has 0 aliphatic rings. The highest BCUT2D eigenvalue weighted by molar-refractivity contribution is 9.10. The summed E-state index contributed by atoms with van der Waals surface area (Å²) in [6.07, 6.45) is 0. The fraction of sp³-hybridized carbons (Fsp3) is 0.200. The molecule has 0 aliphatic heterocycles. The van der Waals surface area contributed by atoms with Crippen LogP contribution in [0.4, 0.5) is 5.69 Å². The molecule has 0 heterocycles. The third-order valence-corrected chi connectivity index (χ3v) is 3.84. The molecule has 2 aromatic carbocycles. The Kier molecular flexibility index (Phi) is 4.59. The molecule has 6 heteroatoms. The predicted molar refractivity (Wildman–Crippen MR) is 82.3 cm³/mol. The van der Waals surface area contributed by atoms with Crippen molar-refractivity contribution in [1.82, 2.24) is 0 Å². The lowest BCUT2D eigenvalue weighted by molar-refractivity contribution is -0.385. The van der Waals surface area contributed by atoms with Crippen molar-refractivity contribution in [1.29, 1.82) is 0 Å². The highest BCUT2D eigenvalue weighted by atomic mass is 79.9. The average molecular weight is 352 g/mol. The molecule has 0 saturated carbocycles. The summed E-state index contributed by atoms with van der Waals surface area (Å²) < 4.78 is 5.81. The van der Waals surface area contributed by atoms with Crippen LogP contribution >= 0.6 is 15.9 Å². The van der Waals surface area contributed by atoms with E-state index < -0.39 is 10.5 Å². The van der Waals surface area contributed by atoms with Crippen LogP contribution in [0.25, 0.3) is 0 Å². The highest BCUT2D eigenvalue weighted by Gasteiger charge is 2.25. The minimum Gasteiger partial charge on any atom is -0.489 e. The van der Waals surface area contributed by atoms with Gasteiger partial charge in [0.2, 0.25) is 0 Å². The van der Waals surface area contributed by atoms with Gasteiger partial charge in [-0.25, -0.2) is 0 Å². The SMILES string of the molecule is CC(O)(COc1cccc([N+](=O)[O-])c1Br)c1ccccc1. The first-order valence-electron chi connectivity index (χ1n) is 6.25. The second-order valence-electron chi connectivity index (χ2n) is 4.77. The minimum atomic E-state index is -1.19. The van der Waals surface area contributed by atoms with Crippen LogP contribution in [0.3, 0.4) is 0 Å². The summed E-state index contributed by atoms with van der Waals surface area (Å²) in [4.78, 5) is 10.4. The zero-order valence-corrected chi connectivity index (χ0v) is 12.9. The third kappa shape index (κ3) is 3.59.